The topological polar surface area (TPSA) is 91.3 Å². The average molecular weight is 311 g/mol. The molecule has 3 N–H and O–H groups in total. The van der Waals surface area contributed by atoms with Crippen molar-refractivity contribution >= 4 is 17.6 Å². The molecular formula is C17H17N3O3. The van der Waals surface area contributed by atoms with E-state index in [1.807, 2.05) is 6.07 Å². The number of carbonyl (C=O) groups excluding carboxylic acids is 1. The number of benzene rings is 1. The van der Waals surface area contributed by atoms with Crippen LogP contribution in [0.5, 0.6) is 0 Å². The van der Waals surface area contributed by atoms with Crippen molar-refractivity contribution in [3.05, 3.63) is 59.4 Å². The van der Waals surface area contributed by atoms with Crippen LogP contribution in [0.15, 0.2) is 42.5 Å². The summed E-state index contributed by atoms with van der Waals surface area (Å²) in [7, 11) is 0. The molecule has 0 aliphatic carbocycles. The van der Waals surface area contributed by atoms with E-state index in [1.54, 1.807) is 36.4 Å². The fourth-order valence-corrected chi connectivity index (χ4v) is 2.60. The predicted octanol–water partition coefficient (Wildman–Crippen LogP) is 2.00. The number of hydrogen-bond acceptors (Lipinski definition) is 4. The van der Waals surface area contributed by atoms with Gasteiger partial charge in [0.1, 0.15) is 5.69 Å². The van der Waals surface area contributed by atoms with E-state index in [0.29, 0.717) is 5.56 Å². The second kappa shape index (κ2) is 6.48. The number of aryl methyl sites for hydroxylation is 1. The molecule has 0 saturated heterocycles. The summed E-state index contributed by atoms with van der Waals surface area (Å²) in [5.41, 5.74) is 2.53. The van der Waals surface area contributed by atoms with E-state index >= 15 is 0 Å². The van der Waals surface area contributed by atoms with Gasteiger partial charge in [-0.25, -0.2) is 9.78 Å². The molecule has 0 radical (unpaired) electrons. The van der Waals surface area contributed by atoms with Crippen LogP contribution in [0.4, 0.5) is 5.69 Å². The smallest absolute Gasteiger partial charge is 0.330 e. The van der Waals surface area contributed by atoms with Gasteiger partial charge in [-0.05, 0) is 30.5 Å². The van der Waals surface area contributed by atoms with Crippen molar-refractivity contribution in [3.8, 4) is 0 Å². The Morgan fingerprint density at radius 2 is 1.96 bits per heavy atom. The lowest BCUT2D eigenvalue weighted by molar-refractivity contribution is -0.139. The van der Waals surface area contributed by atoms with Gasteiger partial charge in [0, 0.05) is 6.54 Å². The third-order valence-electron chi connectivity index (χ3n) is 3.77. The normalized spacial score (nSPS) is 14.3. The third-order valence-corrected chi connectivity index (χ3v) is 3.77. The van der Waals surface area contributed by atoms with E-state index in [4.69, 9.17) is 0 Å². The van der Waals surface area contributed by atoms with Gasteiger partial charge in [0.25, 0.3) is 5.91 Å². The summed E-state index contributed by atoms with van der Waals surface area (Å²) in [5, 5.41) is 15.1. The standard InChI is InChI=1S/C17H17N3O3/c21-16(14-9-8-12-13(19-14)7-4-10-18-12)20-15(17(22)23)11-5-2-1-3-6-11/h1-3,5-6,8-9,15,18H,4,7,10H2,(H,20,21)(H,22,23). The number of anilines is 1. The lowest BCUT2D eigenvalue weighted by Gasteiger charge is -2.18. The second-order valence-corrected chi connectivity index (χ2v) is 5.38. The van der Waals surface area contributed by atoms with E-state index < -0.39 is 17.9 Å². The number of pyridine rings is 1. The Hall–Kier alpha value is -2.89. The van der Waals surface area contributed by atoms with Gasteiger partial charge < -0.3 is 15.7 Å². The summed E-state index contributed by atoms with van der Waals surface area (Å²) in [5.74, 6) is -1.60. The van der Waals surface area contributed by atoms with Crippen molar-refractivity contribution in [3.63, 3.8) is 0 Å². The Balaban J connectivity index is 1.81. The number of nitrogens with one attached hydrogen (secondary N) is 2. The van der Waals surface area contributed by atoms with Crippen molar-refractivity contribution < 1.29 is 14.7 Å². The van der Waals surface area contributed by atoms with Crippen LogP contribution in [0.25, 0.3) is 0 Å². The summed E-state index contributed by atoms with van der Waals surface area (Å²) >= 11 is 0. The number of fused-ring (bicyclic) bond motifs is 1. The number of carboxylic acids is 1. The number of carboxylic acid groups (broad SMARTS) is 1. The fourth-order valence-electron chi connectivity index (χ4n) is 2.60. The van der Waals surface area contributed by atoms with Gasteiger partial charge in [-0.2, -0.15) is 0 Å². The Morgan fingerprint density at radius 1 is 1.17 bits per heavy atom. The SMILES string of the molecule is O=C(NC(C(=O)O)c1ccccc1)c1ccc2c(n1)CCCN2. The lowest BCUT2D eigenvalue weighted by Crippen LogP contribution is -2.34. The molecule has 1 aromatic carbocycles. The zero-order chi connectivity index (χ0) is 16.2. The maximum atomic E-state index is 12.4. The molecule has 6 nitrogen and oxygen atoms in total. The first-order valence-electron chi connectivity index (χ1n) is 7.47. The Labute approximate surface area is 133 Å². The van der Waals surface area contributed by atoms with Crippen LogP contribution in [-0.4, -0.2) is 28.5 Å². The molecule has 0 fully saturated rings. The van der Waals surface area contributed by atoms with Crippen LogP contribution in [0.1, 0.15) is 34.2 Å². The molecule has 2 aromatic rings. The first-order valence-corrected chi connectivity index (χ1v) is 7.47. The molecule has 23 heavy (non-hydrogen) atoms. The predicted molar refractivity (Wildman–Crippen MR) is 85.3 cm³/mol. The molecule has 2 heterocycles. The highest BCUT2D eigenvalue weighted by molar-refractivity contribution is 5.95. The molecule has 1 amide bonds. The van der Waals surface area contributed by atoms with E-state index in [2.05, 4.69) is 15.6 Å². The zero-order valence-electron chi connectivity index (χ0n) is 12.5. The maximum absolute atomic E-state index is 12.4. The highest BCUT2D eigenvalue weighted by atomic mass is 16.4. The minimum absolute atomic E-state index is 0.231. The van der Waals surface area contributed by atoms with Gasteiger partial charge in [-0.3, -0.25) is 4.79 Å². The van der Waals surface area contributed by atoms with Crippen molar-refractivity contribution in [1.29, 1.82) is 0 Å². The Bertz CT molecular complexity index is 731. The highest BCUT2D eigenvalue weighted by Gasteiger charge is 2.23. The fraction of sp³-hybridized carbons (Fsp3) is 0.235. The molecule has 118 valence electrons. The summed E-state index contributed by atoms with van der Waals surface area (Å²) in [6.45, 7) is 0.898. The average Bonchev–Trinajstić information content (AvgIpc) is 2.59. The maximum Gasteiger partial charge on any atom is 0.330 e. The van der Waals surface area contributed by atoms with Gasteiger partial charge in [-0.1, -0.05) is 30.3 Å². The summed E-state index contributed by atoms with van der Waals surface area (Å²) in [6.07, 6.45) is 1.78. The molecule has 0 saturated carbocycles. The molecular weight excluding hydrogens is 294 g/mol. The molecule has 0 bridgehead atoms. The van der Waals surface area contributed by atoms with Crippen LogP contribution in [0.2, 0.25) is 0 Å². The molecule has 1 atom stereocenters. The number of hydrogen-bond donors (Lipinski definition) is 3. The molecule has 3 rings (SSSR count). The number of aromatic nitrogens is 1. The Kier molecular flexibility index (Phi) is 4.23. The van der Waals surface area contributed by atoms with Crippen molar-refractivity contribution in [2.75, 3.05) is 11.9 Å². The number of nitrogens with zero attached hydrogens (tertiary/aromatic N) is 1. The third kappa shape index (κ3) is 3.31. The molecule has 0 spiro atoms. The van der Waals surface area contributed by atoms with Crippen molar-refractivity contribution in [2.45, 2.75) is 18.9 Å². The highest BCUT2D eigenvalue weighted by Crippen LogP contribution is 2.20. The first kappa shape index (κ1) is 15.0. The van der Waals surface area contributed by atoms with E-state index in [-0.39, 0.29) is 5.69 Å². The summed E-state index contributed by atoms with van der Waals surface area (Å²) < 4.78 is 0. The van der Waals surface area contributed by atoms with Crippen LogP contribution >= 0.6 is 0 Å². The van der Waals surface area contributed by atoms with E-state index in [9.17, 15) is 14.7 Å². The van der Waals surface area contributed by atoms with Gasteiger partial charge in [0.15, 0.2) is 6.04 Å². The second-order valence-electron chi connectivity index (χ2n) is 5.38. The van der Waals surface area contributed by atoms with E-state index in [0.717, 1.165) is 30.8 Å². The van der Waals surface area contributed by atoms with Crippen molar-refractivity contribution in [1.82, 2.24) is 10.3 Å². The van der Waals surface area contributed by atoms with Gasteiger partial charge in [0.2, 0.25) is 0 Å². The molecule has 1 aliphatic rings. The van der Waals surface area contributed by atoms with Crippen LogP contribution < -0.4 is 10.6 Å². The minimum Gasteiger partial charge on any atom is -0.479 e. The molecule has 1 aromatic heterocycles. The van der Waals surface area contributed by atoms with Gasteiger partial charge >= 0.3 is 5.97 Å². The van der Waals surface area contributed by atoms with Crippen molar-refractivity contribution in [2.24, 2.45) is 0 Å². The van der Waals surface area contributed by atoms with Crippen LogP contribution in [0, 0.1) is 0 Å². The lowest BCUT2D eigenvalue weighted by atomic mass is 10.1. The summed E-state index contributed by atoms with van der Waals surface area (Å²) in [6, 6.07) is 10.9. The molecule has 1 aliphatic heterocycles. The molecule has 6 heteroatoms. The zero-order valence-corrected chi connectivity index (χ0v) is 12.5. The Morgan fingerprint density at radius 3 is 2.70 bits per heavy atom. The van der Waals surface area contributed by atoms with E-state index in [1.165, 1.54) is 0 Å². The van der Waals surface area contributed by atoms with Crippen LogP contribution in [-0.2, 0) is 11.2 Å². The minimum atomic E-state index is -1.11. The monoisotopic (exact) mass is 311 g/mol. The largest absolute Gasteiger partial charge is 0.479 e. The quantitative estimate of drug-likeness (QED) is 0.803. The summed E-state index contributed by atoms with van der Waals surface area (Å²) in [4.78, 5) is 28.2. The van der Waals surface area contributed by atoms with Gasteiger partial charge in [0.05, 0.1) is 11.4 Å². The number of amides is 1. The number of aliphatic carboxylic acids is 1. The number of carbonyl (C=O) groups is 2. The van der Waals surface area contributed by atoms with Gasteiger partial charge in [-0.15, -0.1) is 0 Å². The van der Waals surface area contributed by atoms with Crippen LogP contribution in [0.3, 0.4) is 0 Å². The number of rotatable bonds is 4. The first-order chi connectivity index (χ1) is 11.1. The molecule has 1 unspecified atom stereocenters.